The van der Waals surface area contributed by atoms with E-state index in [9.17, 15) is 0 Å². The number of benzene rings is 7. The van der Waals surface area contributed by atoms with Crippen LogP contribution in [0.2, 0.25) is 0 Å². The molecule has 0 aliphatic carbocycles. The van der Waals surface area contributed by atoms with Crippen LogP contribution in [0.1, 0.15) is 0 Å². The van der Waals surface area contributed by atoms with Crippen LogP contribution in [0.5, 0.6) is 0 Å². The molecule has 0 amide bonds. The predicted octanol–water partition coefficient (Wildman–Crippen LogP) is 11.9. The van der Waals surface area contributed by atoms with Gasteiger partial charge in [-0.15, -0.1) is 0 Å². The Balaban J connectivity index is 1.23. The summed E-state index contributed by atoms with van der Waals surface area (Å²) in [5.74, 6) is 1.52. The van der Waals surface area contributed by atoms with Crippen LogP contribution in [0.25, 0.3) is 99.7 Å². The molecule has 0 saturated carbocycles. The molecule has 0 saturated heterocycles. The van der Waals surface area contributed by atoms with Crippen LogP contribution in [0, 0.1) is 0 Å². The third-order valence-corrected chi connectivity index (χ3v) is 10.1. The number of furan rings is 1. The summed E-state index contributed by atoms with van der Waals surface area (Å²) >= 11 is 0. The number of para-hydroxylation sites is 3. The Labute approximate surface area is 292 Å². The van der Waals surface area contributed by atoms with Crippen molar-refractivity contribution >= 4 is 65.6 Å². The Bertz CT molecular complexity index is 3080. The lowest BCUT2D eigenvalue weighted by Gasteiger charge is -2.12. The first-order valence-corrected chi connectivity index (χ1v) is 17.2. The summed E-state index contributed by atoms with van der Waals surface area (Å²) in [5, 5.41) is 7.04. The number of hydrogen-bond donors (Lipinski definition) is 0. The van der Waals surface area contributed by atoms with Gasteiger partial charge in [0.15, 0.2) is 5.82 Å². The lowest BCUT2D eigenvalue weighted by molar-refractivity contribution is 0.669. The molecule has 0 N–H and O–H groups in total. The molecule has 5 nitrogen and oxygen atoms in total. The van der Waals surface area contributed by atoms with Gasteiger partial charge in [0, 0.05) is 55.2 Å². The van der Waals surface area contributed by atoms with Gasteiger partial charge in [0.05, 0.1) is 27.8 Å². The van der Waals surface area contributed by atoms with Crippen molar-refractivity contribution in [2.75, 3.05) is 0 Å². The Morgan fingerprint density at radius 1 is 0.392 bits per heavy atom. The van der Waals surface area contributed by atoms with E-state index in [1.54, 1.807) is 0 Å². The Kier molecular flexibility index (Phi) is 5.89. The van der Waals surface area contributed by atoms with E-state index in [-0.39, 0.29) is 0 Å². The monoisotopic (exact) mass is 652 g/mol. The van der Waals surface area contributed by atoms with E-state index >= 15 is 0 Å². The SMILES string of the molecule is c1ccc(-c2cc(-n3c4ccccc4c4c5c6ccccc6n(-c6ccc7oc8ccccc8c7c6)c5ccc43)nc(-c3ccccc3)n2)cc1. The van der Waals surface area contributed by atoms with Crippen molar-refractivity contribution < 1.29 is 4.42 Å². The van der Waals surface area contributed by atoms with Crippen LogP contribution in [-0.2, 0) is 0 Å². The summed E-state index contributed by atoms with van der Waals surface area (Å²) in [7, 11) is 0. The maximum Gasteiger partial charge on any atom is 0.162 e. The molecule has 0 fully saturated rings. The standard InChI is InChI=1S/C46H28N4O/c1-3-13-29(14-4-1)36-28-43(48-46(47-36)30-15-5-2-6-16-30)50-38-21-11-8-19-34(38)45-40(50)25-24-39-44(45)33-18-7-10-20-37(33)49(39)31-23-26-42-35(27-31)32-17-9-12-22-41(32)51-42/h1-28H. The van der Waals surface area contributed by atoms with Gasteiger partial charge in [0.1, 0.15) is 17.0 Å². The summed E-state index contributed by atoms with van der Waals surface area (Å²) in [4.78, 5) is 10.3. The van der Waals surface area contributed by atoms with Crippen LogP contribution in [-0.4, -0.2) is 19.1 Å². The summed E-state index contributed by atoms with van der Waals surface area (Å²) < 4.78 is 10.9. The van der Waals surface area contributed by atoms with Crippen LogP contribution >= 0.6 is 0 Å². The van der Waals surface area contributed by atoms with E-state index in [1.165, 1.54) is 21.5 Å². The Morgan fingerprint density at radius 3 is 1.69 bits per heavy atom. The smallest absolute Gasteiger partial charge is 0.162 e. The summed E-state index contributed by atoms with van der Waals surface area (Å²) in [6.45, 7) is 0. The van der Waals surface area contributed by atoms with Gasteiger partial charge in [-0.2, -0.15) is 0 Å². The van der Waals surface area contributed by atoms with Crippen molar-refractivity contribution in [3.8, 4) is 34.2 Å². The first-order chi connectivity index (χ1) is 25.3. The molecule has 7 aromatic carbocycles. The number of hydrogen-bond acceptors (Lipinski definition) is 3. The van der Waals surface area contributed by atoms with Gasteiger partial charge >= 0.3 is 0 Å². The van der Waals surface area contributed by atoms with Gasteiger partial charge in [0.2, 0.25) is 0 Å². The van der Waals surface area contributed by atoms with Gasteiger partial charge in [-0.1, -0.05) is 115 Å². The minimum Gasteiger partial charge on any atom is -0.456 e. The van der Waals surface area contributed by atoms with Gasteiger partial charge in [0.25, 0.3) is 0 Å². The zero-order valence-corrected chi connectivity index (χ0v) is 27.4. The van der Waals surface area contributed by atoms with Gasteiger partial charge in [-0.25, -0.2) is 9.97 Å². The van der Waals surface area contributed by atoms with Crippen molar-refractivity contribution in [2.45, 2.75) is 0 Å². The molecule has 4 aromatic heterocycles. The molecule has 0 bridgehead atoms. The number of nitrogens with zero attached hydrogens (tertiary/aromatic N) is 4. The molecule has 11 aromatic rings. The maximum atomic E-state index is 6.20. The fourth-order valence-electron chi connectivity index (χ4n) is 7.92. The van der Waals surface area contributed by atoms with Crippen LogP contribution in [0.3, 0.4) is 0 Å². The molecule has 11 rings (SSSR count). The highest BCUT2D eigenvalue weighted by atomic mass is 16.3. The molecule has 0 aliphatic heterocycles. The van der Waals surface area contributed by atoms with E-state index in [2.05, 4.69) is 143 Å². The molecule has 0 atom stereocenters. The second kappa shape index (κ2) is 10.8. The first kappa shape index (κ1) is 27.9. The lowest BCUT2D eigenvalue weighted by atomic mass is 10.1. The van der Waals surface area contributed by atoms with Crippen LogP contribution in [0.4, 0.5) is 0 Å². The molecular weight excluding hydrogens is 625 g/mol. The average Bonchev–Trinajstić information content (AvgIpc) is 3.85. The first-order valence-electron chi connectivity index (χ1n) is 17.2. The average molecular weight is 653 g/mol. The number of rotatable bonds is 4. The van der Waals surface area contributed by atoms with Crippen LogP contribution in [0.15, 0.2) is 174 Å². The third-order valence-electron chi connectivity index (χ3n) is 10.1. The minimum absolute atomic E-state index is 0.692. The zero-order chi connectivity index (χ0) is 33.5. The Morgan fingerprint density at radius 2 is 0.961 bits per heavy atom. The molecule has 0 radical (unpaired) electrons. The summed E-state index contributed by atoms with van der Waals surface area (Å²) in [6, 6.07) is 59.4. The second-order valence-corrected chi connectivity index (χ2v) is 13.0. The quantitative estimate of drug-likeness (QED) is 0.190. The van der Waals surface area contributed by atoms with Crippen molar-refractivity contribution in [3.63, 3.8) is 0 Å². The predicted molar refractivity (Wildman–Crippen MR) is 209 cm³/mol. The molecule has 0 aliphatic rings. The van der Waals surface area contributed by atoms with Gasteiger partial charge in [-0.05, 0) is 48.5 Å². The highest BCUT2D eigenvalue weighted by Crippen LogP contribution is 2.43. The molecule has 5 heteroatoms. The van der Waals surface area contributed by atoms with Crippen molar-refractivity contribution in [1.82, 2.24) is 19.1 Å². The molecule has 0 unspecified atom stereocenters. The largest absolute Gasteiger partial charge is 0.456 e. The number of aromatic nitrogens is 4. The van der Waals surface area contributed by atoms with Crippen LogP contribution < -0.4 is 0 Å². The second-order valence-electron chi connectivity index (χ2n) is 13.0. The zero-order valence-electron chi connectivity index (χ0n) is 27.4. The molecule has 238 valence electrons. The van der Waals surface area contributed by atoms with Crippen molar-refractivity contribution in [1.29, 1.82) is 0 Å². The highest BCUT2D eigenvalue weighted by Gasteiger charge is 2.22. The normalized spacial score (nSPS) is 11.9. The van der Waals surface area contributed by atoms with Crippen molar-refractivity contribution in [2.24, 2.45) is 0 Å². The van der Waals surface area contributed by atoms with E-state index in [4.69, 9.17) is 14.4 Å². The topological polar surface area (TPSA) is 48.8 Å². The van der Waals surface area contributed by atoms with E-state index < -0.39 is 0 Å². The fraction of sp³-hybridized carbons (Fsp3) is 0. The Hall–Kier alpha value is -6.98. The van der Waals surface area contributed by atoms with E-state index in [0.29, 0.717) is 5.82 Å². The third kappa shape index (κ3) is 4.15. The molecule has 0 spiro atoms. The van der Waals surface area contributed by atoms with Gasteiger partial charge in [-0.3, -0.25) is 4.57 Å². The maximum absolute atomic E-state index is 6.20. The van der Waals surface area contributed by atoms with E-state index in [1.807, 2.05) is 36.4 Å². The van der Waals surface area contributed by atoms with E-state index in [0.717, 1.165) is 72.3 Å². The summed E-state index contributed by atoms with van der Waals surface area (Å²) in [6.07, 6.45) is 0. The molecule has 51 heavy (non-hydrogen) atoms. The minimum atomic E-state index is 0.692. The molecular formula is C46H28N4O. The van der Waals surface area contributed by atoms with Crippen molar-refractivity contribution in [3.05, 3.63) is 170 Å². The molecule has 4 heterocycles. The van der Waals surface area contributed by atoms with Gasteiger partial charge < -0.3 is 8.98 Å². The number of fused-ring (bicyclic) bond motifs is 10. The lowest BCUT2D eigenvalue weighted by Crippen LogP contribution is -2.02. The summed E-state index contributed by atoms with van der Waals surface area (Å²) in [5.41, 5.74) is 10.3. The fourth-order valence-corrected chi connectivity index (χ4v) is 7.92. The highest BCUT2D eigenvalue weighted by molar-refractivity contribution is 6.29.